The zero-order valence-corrected chi connectivity index (χ0v) is 11.9. The number of rotatable bonds is 6. The summed E-state index contributed by atoms with van der Waals surface area (Å²) in [5.41, 5.74) is -0.121. The van der Waals surface area contributed by atoms with Crippen LogP contribution in [0.25, 0.3) is 0 Å². The topological polar surface area (TPSA) is 52.6 Å². The van der Waals surface area contributed by atoms with Gasteiger partial charge in [0, 0.05) is 13.6 Å². The number of amides is 2. The molecule has 0 saturated carbocycles. The second-order valence-corrected chi connectivity index (χ2v) is 5.61. The van der Waals surface area contributed by atoms with Crippen molar-refractivity contribution in [2.75, 3.05) is 20.2 Å². The Labute approximate surface area is 105 Å². The fourth-order valence-electron chi connectivity index (χ4n) is 1.81. The molecule has 2 amide bonds. The highest BCUT2D eigenvalue weighted by Gasteiger charge is 2.30. The van der Waals surface area contributed by atoms with Crippen LogP contribution in [0.5, 0.6) is 0 Å². The Balaban J connectivity index is 4.18. The van der Waals surface area contributed by atoms with E-state index in [0.717, 1.165) is 19.3 Å². The molecule has 102 valence electrons. The molecule has 0 aromatic carbocycles. The molecule has 0 aliphatic carbocycles. The normalized spacial score (nSPS) is 13.3. The number of hydrogen-bond donors (Lipinski definition) is 2. The molecule has 0 bridgehead atoms. The zero-order valence-electron chi connectivity index (χ0n) is 11.9. The molecule has 1 atom stereocenters. The fourth-order valence-corrected chi connectivity index (χ4v) is 1.81. The summed E-state index contributed by atoms with van der Waals surface area (Å²) in [5, 5.41) is 12.2. The number of carbonyl (C=O) groups is 1. The van der Waals surface area contributed by atoms with Crippen LogP contribution in [0, 0.1) is 5.41 Å². The first-order valence-electron chi connectivity index (χ1n) is 6.46. The highest BCUT2D eigenvalue weighted by atomic mass is 16.3. The summed E-state index contributed by atoms with van der Waals surface area (Å²) in [6.07, 6.45) is 3.29. The first-order chi connectivity index (χ1) is 7.84. The molecule has 4 heteroatoms. The van der Waals surface area contributed by atoms with Gasteiger partial charge in [0.25, 0.3) is 0 Å². The lowest BCUT2D eigenvalue weighted by Gasteiger charge is -2.36. The highest BCUT2D eigenvalue weighted by molar-refractivity contribution is 5.74. The lowest BCUT2D eigenvalue weighted by molar-refractivity contribution is 0.0834. The summed E-state index contributed by atoms with van der Waals surface area (Å²) >= 11 is 0. The number of carbonyl (C=O) groups excluding carboxylic acids is 1. The third kappa shape index (κ3) is 5.91. The monoisotopic (exact) mass is 244 g/mol. The molecule has 0 radical (unpaired) electrons. The van der Waals surface area contributed by atoms with Crippen LogP contribution < -0.4 is 5.32 Å². The Bertz CT molecular complexity index is 224. The van der Waals surface area contributed by atoms with Gasteiger partial charge in [0.2, 0.25) is 0 Å². The predicted molar refractivity (Wildman–Crippen MR) is 71.0 cm³/mol. The average Bonchev–Trinajstić information content (AvgIpc) is 2.22. The van der Waals surface area contributed by atoms with E-state index in [0.29, 0.717) is 6.54 Å². The van der Waals surface area contributed by atoms with Crippen molar-refractivity contribution in [3.8, 4) is 0 Å². The third-order valence-corrected chi connectivity index (χ3v) is 3.02. The molecule has 0 fully saturated rings. The maximum Gasteiger partial charge on any atom is 0.317 e. The molecule has 4 nitrogen and oxygen atoms in total. The smallest absolute Gasteiger partial charge is 0.317 e. The van der Waals surface area contributed by atoms with Gasteiger partial charge in [0.15, 0.2) is 0 Å². The quantitative estimate of drug-likeness (QED) is 0.704. The molecule has 0 aromatic heterocycles. The number of likely N-dealkylation sites (N-methyl/N-ethyl adjacent to an activating group) is 1. The molecule has 2 N–H and O–H groups in total. The van der Waals surface area contributed by atoms with Gasteiger partial charge in [0.1, 0.15) is 0 Å². The van der Waals surface area contributed by atoms with Crippen LogP contribution in [0.1, 0.15) is 47.0 Å². The molecular weight excluding hydrogens is 216 g/mol. The molecule has 0 aliphatic rings. The largest absolute Gasteiger partial charge is 0.394 e. The van der Waals surface area contributed by atoms with Gasteiger partial charge in [-0.25, -0.2) is 4.79 Å². The lowest BCUT2D eigenvalue weighted by Crippen LogP contribution is -2.51. The second-order valence-electron chi connectivity index (χ2n) is 5.61. The fraction of sp³-hybridized carbons (Fsp3) is 0.923. The maximum absolute atomic E-state index is 11.9. The van der Waals surface area contributed by atoms with Crippen molar-refractivity contribution < 1.29 is 9.90 Å². The van der Waals surface area contributed by atoms with E-state index in [1.165, 1.54) is 0 Å². The summed E-state index contributed by atoms with van der Waals surface area (Å²) in [7, 11) is 1.74. The molecule has 0 spiro atoms. The minimum Gasteiger partial charge on any atom is -0.394 e. The highest BCUT2D eigenvalue weighted by Crippen LogP contribution is 2.23. The number of hydrogen-bond acceptors (Lipinski definition) is 2. The number of nitrogens with zero attached hydrogens (tertiary/aromatic N) is 1. The Morgan fingerprint density at radius 1 is 1.35 bits per heavy atom. The first-order valence-corrected chi connectivity index (χ1v) is 6.46. The zero-order chi connectivity index (χ0) is 13.5. The van der Waals surface area contributed by atoms with Crippen molar-refractivity contribution >= 4 is 6.03 Å². The molecule has 0 aliphatic heterocycles. The standard InChI is InChI=1S/C13H28N2O2/c1-6-7-8-9-14-12(17)15(5)11(10-16)13(2,3)4/h11,16H,6-10H2,1-5H3,(H,14,17)/t11-/m1/s1. The Morgan fingerprint density at radius 2 is 1.94 bits per heavy atom. The number of aliphatic hydroxyl groups is 1. The molecule has 17 heavy (non-hydrogen) atoms. The number of unbranched alkanes of at least 4 members (excludes halogenated alkanes) is 2. The first kappa shape index (κ1) is 16.2. The van der Waals surface area contributed by atoms with Gasteiger partial charge >= 0.3 is 6.03 Å². The third-order valence-electron chi connectivity index (χ3n) is 3.02. The van der Waals surface area contributed by atoms with E-state index in [-0.39, 0.29) is 24.1 Å². The van der Waals surface area contributed by atoms with Crippen LogP contribution >= 0.6 is 0 Å². The van der Waals surface area contributed by atoms with E-state index in [1.54, 1.807) is 11.9 Å². The van der Waals surface area contributed by atoms with Crippen LogP contribution in [0.4, 0.5) is 4.79 Å². The van der Waals surface area contributed by atoms with Crippen LogP contribution in [-0.2, 0) is 0 Å². The molecule has 0 unspecified atom stereocenters. The van der Waals surface area contributed by atoms with E-state index in [4.69, 9.17) is 0 Å². The summed E-state index contributed by atoms with van der Waals surface area (Å²) in [5.74, 6) is 0. The van der Waals surface area contributed by atoms with Gasteiger partial charge in [-0.15, -0.1) is 0 Å². The minimum absolute atomic E-state index is 0.0115. The van der Waals surface area contributed by atoms with Gasteiger partial charge in [-0.1, -0.05) is 40.5 Å². The predicted octanol–water partition coefficient (Wildman–Crippen LogP) is 2.22. The van der Waals surface area contributed by atoms with E-state index >= 15 is 0 Å². The minimum atomic E-state index is -0.159. The van der Waals surface area contributed by atoms with Gasteiger partial charge < -0.3 is 15.3 Å². The van der Waals surface area contributed by atoms with Crippen molar-refractivity contribution in [1.82, 2.24) is 10.2 Å². The van der Waals surface area contributed by atoms with E-state index in [2.05, 4.69) is 12.2 Å². The van der Waals surface area contributed by atoms with Crippen LogP contribution in [0.3, 0.4) is 0 Å². The SMILES string of the molecule is CCCCCNC(=O)N(C)[C@H](CO)C(C)(C)C. The molecule has 0 heterocycles. The van der Waals surface area contributed by atoms with Crippen molar-refractivity contribution in [2.45, 2.75) is 53.0 Å². The maximum atomic E-state index is 11.9. The second kappa shape index (κ2) is 7.54. The Morgan fingerprint density at radius 3 is 2.35 bits per heavy atom. The Kier molecular flexibility index (Phi) is 7.19. The van der Waals surface area contributed by atoms with Crippen LogP contribution in [0.15, 0.2) is 0 Å². The Hall–Kier alpha value is -0.770. The van der Waals surface area contributed by atoms with E-state index in [1.807, 2.05) is 20.8 Å². The van der Waals surface area contributed by atoms with Crippen LogP contribution in [0.2, 0.25) is 0 Å². The number of urea groups is 1. The summed E-state index contributed by atoms with van der Waals surface area (Å²) in [4.78, 5) is 13.5. The number of nitrogens with one attached hydrogen (secondary N) is 1. The van der Waals surface area contributed by atoms with Gasteiger partial charge in [-0.2, -0.15) is 0 Å². The summed E-state index contributed by atoms with van der Waals surface area (Å²) in [6, 6.07) is -0.260. The van der Waals surface area contributed by atoms with Gasteiger partial charge in [-0.3, -0.25) is 0 Å². The van der Waals surface area contributed by atoms with Crippen molar-refractivity contribution in [2.24, 2.45) is 5.41 Å². The lowest BCUT2D eigenvalue weighted by atomic mass is 9.86. The van der Waals surface area contributed by atoms with E-state index in [9.17, 15) is 9.90 Å². The molecule has 0 aromatic rings. The summed E-state index contributed by atoms with van der Waals surface area (Å²) < 4.78 is 0. The van der Waals surface area contributed by atoms with Gasteiger partial charge in [0.05, 0.1) is 12.6 Å². The van der Waals surface area contributed by atoms with Crippen LogP contribution in [-0.4, -0.2) is 42.3 Å². The van der Waals surface area contributed by atoms with E-state index < -0.39 is 0 Å². The average molecular weight is 244 g/mol. The van der Waals surface area contributed by atoms with Gasteiger partial charge in [-0.05, 0) is 11.8 Å². The summed E-state index contributed by atoms with van der Waals surface area (Å²) in [6.45, 7) is 8.90. The number of aliphatic hydroxyl groups excluding tert-OH is 1. The van der Waals surface area contributed by atoms with Crippen molar-refractivity contribution in [3.05, 3.63) is 0 Å². The molecular formula is C13H28N2O2. The molecule has 0 saturated heterocycles. The van der Waals surface area contributed by atoms with Crippen molar-refractivity contribution in [1.29, 1.82) is 0 Å². The molecule has 0 rings (SSSR count). The van der Waals surface area contributed by atoms with Crippen molar-refractivity contribution in [3.63, 3.8) is 0 Å².